The zero-order valence-electron chi connectivity index (χ0n) is 8.98. The van der Waals surface area contributed by atoms with Gasteiger partial charge in [0.15, 0.2) is 0 Å². The molecule has 6 heteroatoms. The third kappa shape index (κ3) is 4.68. The van der Waals surface area contributed by atoms with Crippen molar-refractivity contribution in [2.45, 2.75) is 4.11 Å². The Morgan fingerprint density at radius 3 is 2.35 bits per heavy atom. The standard InChI is InChI=1S/C11H7IO4.Na/c1-2-9(12)16-11(15)8-6-4-3-5-7(8)10(13)14;/h1,3-6,9H,(H,13,14);/q;+1/p-1. The predicted octanol–water partition coefficient (Wildman–Crippen LogP) is -2.39. The van der Waals surface area contributed by atoms with Gasteiger partial charge in [0.25, 0.3) is 0 Å². The molecule has 0 fully saturated rings. The van der Waals surface area contributed by atoms with E-state index in [2.05, 4.69) is 5.92 Å². The van der Waals surface area contributed by atoms with Gasteiger partial charge in [-0.05, 0) is 28.7 Å². The number of rotatable bonds is 3. The smallest absolute Gasteiger partial charge is 0.545 e. The molecular formula is C11H6INaO4. The summed E-state index contributed by atoms with van der Waals surface area (Å²) in [5, 5.41) is 10.7. The number of carboxylic acid groups (broad SMARTS) is 1. The van der Waals surface area contributed by atoms with Crippen LogP contribution in [-0.2, 0) is 4.74 Å². The molecule has 0 aliphatic rings. The van der Waals surface area contributed by atoms with Crippen molar-refractivity contribution in [1.29, 1.82) is 0 Å². The second-order valence-corrected chi connectivity index (χ2v) is 3.85. The molecule has 1 aromatic carbocycles. The number of benzene rings is 1. The van der Waals surface area contributed by atoms with E-state index >= 15 is 0 Å². The SMILES string of the molecule is C#CC(I)OC(=O)c1ccccc1C(=O)[O-].[Na+]. The molecule has 0 aliphatic carbocycles. The molecular weight excluding hydrogens is 346 g/mol. The summed E-state index contributed by atoms with van der Waals surface area (Å²) in [6.45, 7) is 0. The molecule has 4 nitrogen and oxygen atoms in total. The van der Waals surface area contributed by atoms with Gasteiger partial charge >= 0.3 is 35.5 Å². The third-order valence-electron chi connectivity index (χ3n) is 1.71. The Kier molecular flexibility index (Phi) is 7.46. The predicted molar refractivity (Wildman–Crippen MR) is 62.8 cm³/mol. The van der Waals surface area contributed by atoms with E-state index in [1.54, 1.807) is 22.6 Å². The number of carboxylic acids is 1. The van der Waals surface area contributed by atoms with Gasteiger partial charge in [0.1, 0.15) is 0 Å². The first kappa shape index (κ1) is 16.4. The maximum atomic E-state index is 11.5. The number of esters is 1. The summed E-state index contributed by atoms with van der Waals surface area (Å²) in [4.78, 5) is 22.2. The van der Waals surface area contributed by atoms with E-state index in [9.17, 15) is 14.7 Å². The van der Waals surface area contributed by atoms with Crippen molar-refractivity contribution in [3.8, 4) is 12.3 Å². The molecule has 0 saturated heterocycles. The zero-order chi connectivity index (χ0) is 12.1. The molecule has 1 unspecified atom stereocenters. The molecule has 0 N–H and O–H groups in total. The Morgan fingerprint density at radius 2 is 1.88 bits per heavy atom. The number of hydrogen-bond acceptors (Lipinski definition) is 4. The van der Waals surface area contributed by atoms with Crippen molar-refractivity contribution in [2.75, 3.05) is 0 Å². The van der Waals surface area contributed by atoms with Crippen LogP contribution in [0.5, 0.6) is 0 Å². The van der Waals surface area contributed by atoms with Gasteiger partial charge < -0.3 is 14.6 Å². The van der Waals surface area contributed by atoms with Crippen molar-refractivity contribution in [3.63, 3.8) is 0 Å². The summed E-state index contributed by atoms with van der Waals surface area (Å²) in [6, 6.07) is 5.63. The molecule has 0 heterocycles. The Hall–Kier alpha value is -0.550. The Bertz CT molecular complexity index is 467. The monoisotopic (exact) mass is 352 g/mol. The normalized spacial score (nSPS) is 10.6. The van der Waals surface area contributed by atoms with Gasteiger partial charge in [0.2, 0.25) is 4.11 Å². The average Bonchev–Trinajstić information content (AvgIpc) is 2.28. The minimum Gasteiger partial charge on any atom is -0.545 e. The van der Waals surface area contributed by atoms with E-state index in [0.717, 1.165) is 0 Å². The summed E-state index contributed by atoms with van der Waals surface area (Å²) >= 11 is 1.73. The zero-order valence-corrected chi connectivity index (χ0v) is 13.1. The topological polar surface area (TPSA) is 66.4 Å². The fourth-order valence-corrected chi connectivity index (χ4v) is 1.26. The van der Waals surface area contributed by atoms with E-state index in [1.807, 2.05) is 0 Å². The number of hydrogen-bond donors (Lipinski definition) is 0. The largest absolute Gasteiger partial charge is 1.00 e. The second kappa shape index (κ2) is 7.71. The van der Waals surface area contributed by atoms with Crippen LogP contribution in [0, 0.1) is 12.3 Å². The minimum atomic E-state index is -1.43. The van der Waals surface area contributed by atoms with Gasteiger partial charge in [-0.1, -0.05) is 24.1 Å². The van der Waals surface area contributed by atoms with Crippen LogP contribution in [0.25, 0.3) is 0 Å². The molecule has 0 bridgehead atoms. The van der Waals surface area contributed by atoms with E-state index in [1.165, 1.54) is 24.3 Å². The first-order valence-corrected chi connectivity index (χ1v) is 5.42. The minimum absolute atomic E-state index is 0. The third-order valence-corrected chi connectivity index (χ3v) is 2.32. The molecule has 0 saturated carbocycles. The van der Waals surface area contributed by atoms with Crippen LogP contribution in [0.2, 0.25) is 0 Å². The summed E-state index contributed by atoms with van der Waals surface area (Å²) in [7, 11) is 0. The van der Waals surface area contributed by atoms with E-state index in [4.69, 9.17) is 11.2 Å². The van der Waals surface area contributed by atoms with Crippen LogP contribution in [0.3, 0.4) is 0 Å². The van der Waals surface area contributed by atoms with Crippen molar-refractivity contribution < 1.29 is 49.0 Å². The van der Waals surface area contributed by atoms with Gasteiger partial charge in [-0.3, -0.25) is 0 Å². The summed E-state index contributed by atoms with van der Waals surface area (Å²) < 4.78 is 4.06. The molecule has 0 amide bonds. The maximum absolute atomic E-state index is 11.5. The van der Waals surface area contributed by atoms with Crippen LogP contribution >= 0.6 is 22.6 Å². The molecule has 0 aromatic heterocycles. The maximum Gasteiger partial charge on any atom is 1.00 e. The number of carbonyl (C=O) groups is 2. The Morgan fingerprint density at radius 1 is 1.35 bits per heavy atom. The van der Waals surface area contributed by atoms with Crippen LogP contribution in [-0.4, -0.2) is 16.0 Å². The molecule has 1 rings (SSSR count). The number of alkyl halides is 1. The summed E-state index contributed by atoms with van der Waals surface area (Å²) in [6.07, 6.45) is 5.03. The summed E-state index contributed by atoms with van der Waals surface area (Å²) in [5.41, 5.74) is -0.285. The molecule has 0 spiro atoms. The van der Waals surface area contributed by atoms with Crippen LogP contribution in [0.4, 0.5) is 0 Å². The number of halogens is 1. The Labute approximate surface area is 134 Å². The quantitative estimate of drug-likeness (QED) is 0.200. The van der Waals surface area contributed by atoms with Crippen molar-refractivity contribution in [2.24, 2.45) is 0 Å². The van der Waals surface area contributed by atoms with Gasteiger partial charge in [0.05, 0.1) is 11.5 Å². The van der Waals surface area contributed by atoms with E-state index < -0.39 is 16.0 Å². The number of aromatic carboxylic acids is 1. The van der Waals surface area contributed by atoms with Gasteiger partial charge in [-0.15, -0.1) is 6.42 Å². The molecule has 0 aliphatic heterocycles. The fraction of sp³-hybridized carbons (Fsp3) is 0.0909. The Balaban J connectivity index is 0.00000256. The van der Waals surface area contributed by atoms with Crippen LogP contribution in [0.15, 0.2) is 24.3 Å². The van der Waals surface area contributed by atoms with Crippen molar-refractivity contribution >= 4 is 34.5 Å². The first-order chi connectivity index (χ1) is 7.56. The molecule has 1 atom stereocenters. The number of ether oxygens (including phenoxy) is 1. The van der Waals surface area contributed by atoms with Crippen molar-refractivity contribution in [1.82, 2.24) is 0 Å². The van der Waals surface area contributed by atoms with Gasteiger partial charge in [-0.25, -0.2) is 4.79 Å². The number of terminal acetylenes is 1. The van der Waals surface area contributed by atoms with Crippen molar-refractivity contribution in [3.05, 3.63) is 35.4 Å². The van der Waals surface area contributed by atoms with Crippen LogP contribution < -0.4 is 34.7 Å². The second-order valence-electron chi connectivity index (χ2n) is 2.72. The fourth-order valence-electron chi connectivity index (χ4n) is 1.03. The molecule has 0 radical (unpaired) electrons. The molecule has 17 heavy (non-hydrogen) atoms. The first-order valence-electron chi connectivity index (χ1n) is 4.18. The van der Waals surface area contributed by atoms with Gasteiger partial charge in [0, 0.05) is 5.56 Å². The van der Waals surface area contributed by atoms with Gasteiger partial charge in [-0.2, -0.15) is 0 Å². The number of carbonyl (C=O) groups excluding carboxylic acids is 2. The summed E-state index contributed by atoms with van der Waals surface area (Å²) in [5.74, 6) is -0.0177. The van der Waals surface area contributed by atoms with E-state index in [0.29, 0.717) is 0 Å². The molecule has 82 valence electrons. The molecule has 1 aromatic rings. The van der Waals surface area contributed by atoms with E-state index in [-0.39, 0.29) is 40.7 Å². The van der Waals surface area contributed by atoms with Crippen LogP contribution in [0.1, 0.15) is 20.7 Å². The average molecular weight is 352 g/mol.